The van der Waals surface area contributed by atoms with E-state index in [0.29, 0.717) is 0 Å². The van der Waals surface area contributed by atoms with E-state index in [4.69, 9.17) is 25.9 Å². The van der Waals surface area contributed by atoms with Crippen molar-refractivity contribution in [1.29, 1.82) is 0 Å². The van der Waals surface area contributed by atoms with Crippen LogP contribution >= 0.6 is 17.0 Å². The van der Waals surface area contributed by atoms with Crippen molar-refractivity contribution in [2.45, 2.75) is 67.5 Å². The molecule has 8 aromatic rings. The normalized spacial score (nSPS) is 10.9. The van der Waals surface area contributed by atoms with Crippen LogP contribution in [0.3, 0.4) is 0 Å². The van der Waals surface area contributed by atoms with Gasteiger partial charge in [0.05, 0.1) is 23.0 Å². The fourth-order valence-electron chi connectivity index (χ4n) is 7.33. The summed E-state index contributed by atoms with van der Waals surface area (Å²) < 4.78 is 11.7. The average molecular weight is 847 g/mol. The summed E-state index contributed by atoms with van der Waals surface area (Å²) >= 11 is -1.65. The van der Waals surface area contributed by atoms with E-state index >= 15 is 0 Å². The molecule has 0 saturated carbocycles. The Kier molecular flexibility index (Phi) is 13.2. The van der Waals surface area contributed by atoms with Crippen LogP contribution in [0.25, 0.3) is 66.4 Å². The fourth-order valence-corrected chi connectivity index (χ4v) is 7.33. The monoisotopic (exact) mass is 844 g/mol. The van der Waals surface area contributed by atoms with Gasteiger partial charge in [-0.3, -0.25) is 0 Å². The Morgan fingerprint density at radius 3 is 1.22 bits per heavy atom. The molecule has 0 saturated heterocycles. The number of hydrogen-bond acceptors (Lipinski definition) is 2. The Morgan fingerprint density at radius 2 is 0.926 bits per heavy atom. The molecule has 0 spiro atoms. The van der Waals surface area contributed by atoms with Crippen molar-refractivity contribution < 1.29 is 26.8 Å². The standard InChI is InChI=1S/2C23H21O.C2H6Si.2ClH.Zr/c2*1-4-20-15(2)12-18-13-19(22-11-10-16(3)24-22)14-21(18)23(20)17-8-6-5-7-9-17;1-3-2;;;/h2*5-14H,4H2,1-3H3;1-2H3;2*1H;/q2*-1;;;;+2/p-2. The fraction of sp³-hybridized carbons (Fsp3) is 0.208. The van der Waals surface area contributed by atoms with Crippen LogP contribution < -0.4 is 0 Å². The molecular weight excluding hydrogens is 799 g/mol. The molecule has 0 radical (unpaired) electrons. The minimum absolute atomic E-state index is 0.224. The number of fused-ring (bicyclic) bond motifs is 2. The Balaban J connectivity index is 0.000000160. The third-order valence-electron chi connectivity index (χ3n) is 9.94. The Hall–Kier alpha value is -3.66. The predicted molar refractivity (Wildman–Crippen MR) is 232 cm³/mol. The molecule has 0 bridgehead atoms. The quantitative estimate of drug-likeness (QED) is 0.123. The molecule has 0 aliphatic carbocycles. The van der Waals surface area contributed by atoms with Gasteiger partial charge in [-0.1, -0.05) is 108 Å². The van der Waals surface area contributed by atoms with Crippen LogP contribution in [0, 0.1) is 27.7 Å². The van der Waals surface area contributed by atoms with Crippen molar-refractivity contribution in [3.8, 4) is 44.9 Å². The molecule has 2 nitrogen and oxygen atoms in total. The van der Waals surface area contributed by atoms with E-state index in [1.807, 2.05) is 26.0 Å². The number of halogens is 2. The number of rotatable bonds is 6. The third-order valence-corrected chi connectivity index (χ3v) is 29.7. The predicted octanol–water partition coefficient (Wildman–Crippen LogP) is 15.5. The van der Waals surface area contributed by atoms with Crippen molar-refractivity contribution in [3.63, 3.8) is 0 Å². The molecule has 8 rings (SSSR count). The summed E-state index contributed by atoms with van der Waals surface area (Å²) in [6, 6.07) is 43.2. The number of benzene rings is 4. The maximum absolute atomic E-state index is 5.83. The molecule has 0 aliphatic heterocycles. The van der Waals surface area contributed by atoms with E-state index in [-0.39, 0.29) is 5.43 Å². The zero-order chi connectivity index (χ0) is 38.5. The minimum atomic E-state index is -1.65. The van der Waals surface area contributed by atoms with Gasteiger partial charge in [0, 0.05) is 0 Å². The van der Waals surface area contributed by atoms with Crippen LogP contribution in [0.1, 0.15) is 47.6 Å². The van der Waals surface area contributed by atoms with E-state index < -0.39 is 18.0 Å². The average Bonchev–Trinajstić information content (AvgIpc) is 3.98. The molecule has 6 aromatic carbocycles. The van der Waals surface area contributed by atoms with Gasteiger partial charge in [0.15, 0.2) is 0 Å². The second-order valence-corrected chi connectivity index (χ2v) is 37.1. The zero-order valence-corrected chi connectivity index (χ0v) is 37.5. The molecule has 2 heterocycles. The van der Waals surface area contributed by atoms with E-state index in [2.05, 4.69) is 150 Å². The molecule has 276 valence electrons. The summed E-state index contributed by atoms with van der Waals surface area (Å²) in [5.74, 6) is 3.78. The SMILES string of the molecule is CCc1c(C)cc2[cH-]c(-c3ccc(C)o3)cc2c1-c1ccccc1.CCc1c(C)cc2[cH-]c(-c3ccc(C)o3)cc2c1-c1ccccc1.C[Si](C)=[Zr]([Cl])[Cl]. The van der Waals surface area contributed by atoms with Gasteiger partial charge in [-0.2, -0.15) is 0 Å². The molecule has 0 amide bonds. The van der Waals surface area contributed by atoms with Gasteiger partial charge in [-0.15, -0.1) is 57.9 Å². The second-order valence-electron chi connectivity index (χ2n) is 14.1. The summed E-state index contributed by atoms with van der Waals surface area (Å²) in [5.41, 5.74) is 13.0. The first-order chi connectivity index (χ1) is 26.0. The molecule has 2 aromatic heterocycles. The van der Waals surface area contributed by atoms with E-state index in [1.165, 1.54) is 66.1 Å². The molecule has 0 fully saturated rings. The van der Waals surface area contributed by atoms with Crippen molar-refractivity contribution in [3.05, 3.63) is 155 Å². The first kappa shape index (κ1) is 40.0. The van der Waals surface area contributed by atoms with E-state index in [9.17, 15) is 0 Å². The summed E-state index contributed by atoms with van der Waals surface area (Å²) in [6.45, 7) is 17.2. The van der Waals surface area contributed by atoms with Crippen LogP contribution in [-0.4, -0.2) is 5.43 Å². The van der Waals surface area contributed by atoms with Gasteiger partial charge >= 0.3 is 53.5 Å². The van der Waals surface area contributed by atoms with Crippen molar-refractivity contribution in [1.82, 2.24) is 0 Å². The summed E-state index contributed by atoms with van der Waals surface area (Å²) in [7, 11) is 11.2. The van der Waals surface area contributed by atoms with Crippen LogP contribution in [0.15, 0.2) is 130 Å². The molecule has 0 aliphatic rings. The van der Waals surface area contributed by atoms with Gasteiger partial charge < -0.3 is 8.83 Å². The first-order valence-electron chi connectivity index (χ1n) is 18.7. The summed E-state index contributed by atoms with van der Waals surface area (Å²) in [5, 5.41) is 5.20. The van der Waals surface area contributed by atoms with Crippen molar-refractivity contribution >= 4 is 44.0 Å². The van der Waals surface area contributed by atoms with Crippen LogP contribution in [0.5, 0.6) is 0 Å². The zero-order valence-electron chi connectivity index (χ0n) is 32.5. The van der Waals surface area contributed by atoms with Gasteiger partial charge in [-0.25, -0.2) is 0 Å². The van der Waals surface area contributed by atoms with Gasteiger partial charge in [0.2, 0.25) is 0 Å². The first-order valence-corrected chi connectivity index (χ1v) is 31.2. The van der Waals surface area contributed by atoms with Crippen molar-refractivity contribution in [2.24, 2.45) is 0 Å². The van der Waals surface area contributed by atoms with Crippen LogP contribution in [-0.2, 0) is 30.8 Å². The van der Waals surface area contributed by atoms with Gasteiger partial charge in [0.25, 0.3) is 0 Å². The number of hydrogen-bond donors (Lipinski definition) is 0. The summed E-state index contributed by atoms with van der Waals surface area (Å²) in [4.78, 5) is 0. The third kappa shape index (κ3) is 8.90. The Bertz CT molecular complexity index is 2360. The molecule has 0 unspecified atom stereocenters. The molecule has 54 heavy (non-hydrogen) atoms. The molecule has 0 N–H and O–H groups in total. The topological polar surface area (TPSA) is 26.3 Å². The van der Waals surface area contributed by atoms with Crippen LogP contribution in [0.4, 0.5) is 0 Å². The Labute approximate surface area is 335 Å². The number of furan rings is 2. The maximum atomic E-state index is 5.83. The molecule has 6 heteroatoms. The van der Waals surface area contributed by atoms with E-state index in [1.54, 1.807) is 0 Å². The Morgan fingerprint density at radius 1 is 0.556 bits per heavy atom. The van der Waals surface area contributed by atoms with Gasteiger partial charge in [0.1, 0.15) is 0 Å². The molecular formula is C48H48Cl2O2SiZr-2. The van der Waals surface area contributed by atoms with Crippen molar-refractivity contribution in [2.75, 3.05) is 0 Å². The second kappa shape index (κ2) is 17.9. The van der Waals surface area contributed by atoms with Gasteiger partial charge in [-0.05, 0) is 87.1 Å². The van der Waals surface area contributed by atoms with E-state index in [0.717, 1.165) is 47.0 Å². The number of aryl methyl sites for hydroxylation is 4. The molecule has 0 atom stereocenters. The summed E-state index contributed by atoms with van der Waals surface area (Å²) in [6.07, 6.45) is 2.07. The van der Waals surface area contributed by atoms with Crippen LogP contribution in [0.2, 0.25) is 13.1 Å².